The van der Waals surface area contributed by atoms with Crippen molar-refractivity contribution < 1.29 is 30.8 Å². The van der Waals surface area contributed by atoms with E-state index in [0.29, 0.717) is 29.5 Å². The fraction of sp³-hybridized carbons (Fsp3) is 0.240. The molecule has 0 aliphatic heterocycles. The Labute approximate surface area is 200 Å². The van der Waals surface area contributed by atoms with Gasteiger partial charge in [0.2, 0.25) is 15.9 Å². The fourth-order valence-electron chi connectivity index (χ4n) is 3.63. The molecule has 0 bridgehead atoms. The van der Waals surface area contributed by atoms with Gasteiger partial charge < -0.3 is 5.32 Å². The minimum atomic E-state index is -4.41. The fourth-order valence-corrected chi connectivity index (χ4v) is 5.27. The van der Waals surface area contributed by atoms with Gasteiger partial charge in [-0.15, -0.1) is 0 Å². The van der Waals surface area contributed by atoms with Gasteiger partial charge >= 0.3 is 6.18 Å². The number of carbonyl (C=O) groups is 1. The van der Waals surface area contributed by atoms with E-state index in [4.69, 9.17) is 0 Å². The van der Waals surface area contributed by atoms with E-state index in [-0.39, 0.29) is 24.0 Å². The zero-order valence-electron chi connectivity index (χ0n) is 18.4. The lowest BCUT2D eigenvalue weighted by atomic mass is 10.0. The Bertz CT molecular complexity index is 1300. The third-order valence-electron chi connectivity index (χ3n) is 5.64. The maximum Gasteiger partial charge on any atom is 0.416 e. The maximum atomic E-state index is 13.2. The van der Waals surface area contributed by atoms with Crippen LogP contribution in [-0.2, 0) is 27.5 Å². The number of nitrogens with zero attached hydrogens (tertiary/aromatic N) is 1. The van der Waals surface area contributed by atoms with Crippen molar-refractivity contribution in [1.82, 2.24) is 9.62 Å². The SMILES string of the molecule is O=C(CN(C1CC1)S(=O)(=O)c1ccc(F)cc1)NCc1cccc(-c2ccc(C(F)(F)F)cc2)c1. The first-order valence-corrected chi connectivity index (χ1v) is 12.3. The molecule has 1 N–H and O–H groups in total. The van der Waals surface area contributed by atoms with E-state index in [1.54, 1.807) is 24.3 Å². The number of amides is 1. The van der Waals surface area contributed by atoms with E-state index in [1.807, 2.05) is 0 Å². The number of halogens is 4. The number of benzene rings is 3. The lowest BCUT2D eigenvalue weighted by Crippen LogP contribution is -2.41. The second-order valence-electron chi connectivity index (χ2n) is 8.29. The molecule has 0 spiro atoms. The molecule has 0 heterocycles. The van der Waals surface area contributed by atoms with Crippen LogP contribution in [0.25, 0.3) is 11.1 Å². The third kappa shape index (κ3) is 6.07. The summed E-state index contributed by atoms with van der Waals surface area (Å²) in [7, 11) is -3.96. The molecule has 3 aromatic rings. The van der Waals surface area contributed by atoms with Crippen molar-refractivity contribution in [2.45, 2.75) is 36.5 Å². The molecule has 0 radical (unpaired) electrons. The number of hydrogen-bond acceptors (Lipinski definition) is 3. The highest BCUT2D eigenvalue weighted by atomic mass is 32.2. The highest BCUT2D eigenvalue weighted by Gasteiger charge is 2.39. The van der Waals surface area contributed by atoms with Crippen LogP contribution in [0.15, 0.2) is 77.7 Å². The number of rotatable bonds is 8. The van der Waals surface area contributed by atoms with Crippen molar-refractivity contribution >= 4 is 15.9 Å². The molecular formula is C25H22F4N2O3S. The normalized spacial score (nSPS) is 14.2. The maximum absolute atomic E-state index is 13.2. The average molecular weight is 507 g/mol. The van der Waals surface area contributed by atoms with Crippen molar-refractivity contribution in [3.63, 3.8) is 0 Å². The number of sulfonamides is 1. The second-order valence-corrected chi connectivity index (χ2v) is 10.2. The zero-order valence-corrected chi connectivity index (χ0v) is 19.2. The lowest BCUT2D eigenvalue weighted by molar-refractivity contribution is -0.137. The van der Waals surface area contributed by atoms with Crippen molar-refractivity contribution in [2.24, 2.45) is 0 Å². The highest BCUT2D eigenvalue weighted by molar-refractivity contribution is 7.89. The average Bonchev–Trinajstić information content (AvgIpc) is 3.66. The van der Waals surface area contributed by atoms with Crippen LogP contribution in [0.1, 0.15) is 24.0 Å². The molecule has 3 aromatic carbocycles. The largest absolute Gasteiger partial charge is 0.416 e. The van der Waals surface area contributed by atoms with Gasteiger partial charge in [0.15, 0.2) is 0 Å². The second kappa shape index (κ2) is 9.79. The Morgan fingerprint density at radius 1 is 0.943 bits per heavy atom. The van der Waals surface area contributed by atoms with Gasteiger partial charge in [-0.25, -0.2) is 12.8 Å². The predicted octanol–water partition coefficient (Wildman–Crippen LogP) is 4.98. The van der Waals surface area contributed by atoms with E-state index in [2.05, 4.69) is 5.32 Å². The summed E-state index contributed by atoms with van der Waals surface area (Å²) in [5, 5.41) is 2.70. The first-order chi connectivity index (χ1) is 16.5. The predicted molar refractivity (Wildman–Crippen MR) is 122 cm³/mol. The van der Waals surface area contributed by atoms with Crippen molar-refractivity contribution in [1.29, 1.82) is 0 Å². The van der Waals surface area contributed by atoms with E-state index in [0.717, 1.165) is 28.6 Å². The molecule has 35 heavy (non-hydrogen) atoms. The van der Waals surface area contributed by atoms with Crippen molar-refractivity contribution in [2.75, 3.05) is 6.54 Å². The molecule has 5 nitrogen and oxygen atoms in total. The molecule has 1 aliphatic rings. The molecule has 1 saturated carbocycles. The summed E-state index contributed by atoms with van der Waals surface area (Å²) in [5.74, 6) is -1.05. The van der Waals surface area contributed by atoms with E-state index < -0.39 is 33.5 Å². The van der Waals surface area contributed by atoms with E-state index in [1.165, 1.54) is 24.3 Å². The summed E-state index contributed by atoms with van der Waals surface area (Å²) in [4.78, 5) is 12.5. The minimum absolute atomic E-state index is 0.0807. The van der Waals surface area contributed by atoms with Gasteiger partial charge in [-0.05, 0) is 72.0 Å². The van der Waals surface area contributed by atoms with Gasteiger partial charge in [0, 0.05) is 12.6 Å². The minimum Gasteiger partial charge on any atom is -0.351 e. The molecule has 184 valence electrons. The topological polar surface area (TPSA) is 66.5 Å². The zero-order chi connectivity index (χ0) is 25.2. The third-order valence-corrected chi connectivity index (χ3v) is 7.55. The molecule has 10 heteroatoms. The van der Waals surface area contributed by atoms with Gasteiger partial charge in [-0.1, -0.05) is 30.3 Å². The van der Waals surface area contributed by atoms with E-state index in [9.17, 15) is 30.8 Å². The smallest absolute Gasteiger partial charge is 0.351 e. The van der Waals surface area contributed by atoms with Crippen LogP contribution in [0.3, 0.4) is 0 Å². The molecule has 0 unspecified atom stereocenters. The van der Waals surface area contributed by atoms with Crippen LogP contribution in [0.5, 0.6) is 0 Å². The molecule has 0 aromatic heterocycles. The summed E-state index contributed by atoms with van der Waals surface area (Å²) < 4.78 is 78.7. The molecular weight excluding hydrogens is 484 g/mol. The number of hydrogen-bond donors (Lipinski definition) is 1. The Kier molecular flexibility index (Phi) is 6.95. The van der Waals surface area contributed by atoms with Gasteiger partial charge in [0.1, 0.15) is 5.82 Å². The first-order valence-electron chi connectivity index (χ1n) is 10.8. The molecule has 1 fully saturated rings. The van der Waals surface area contributed by atoms with Crippen LogP contribution in [0.2, 0.25) is 0 Å². The highest BCUT2D eigenvalue weighted by Crippen LogP contribution is 2.32. The number of alkyl halides is 3. The standard InChI is InChI=1S/C25H22F4N2O3S/c26-21-8-12-23(13-9-21)35(33,34)31(22-10-11-22)16-24(32)30-15-17-2-1-3-19(14-17)18-4-6-20(7-5-18)25(27,28)29/h1-9,12-14,22H,10-11,15-16H2,(H,30,32). The van der Waals surface area contributed by atoms with Crippen LogP contribution in [-0.4, -0.2) is 31.2 Å². The molecule has 1 amide bonds. The molecule has 0 saturated heterocycles. The summed E-state index contributed by atoms with van der Waals surface area (Å²) >= 11 is 0. The summed E-state index contributed by atoms with van der Waals surface area (Å²) in [6.07, 6.45) is -3.13. The Hall–Kier alpha value is -3.24. The van der Waals surface area contributed by atoms with Gasteiger partial charge in [0.05, 0.1) is 17.0 Å². The van der Waals surface area contributed by atoms with Gasteiger partial charge in [-0.3, -0.25) is 4.79 Å². The Morgan fingerprint density at radius 2 is 1.60 bits per heavy atom. The first kappa shape index (κ1) is 24.9. The summed E-state index contributed by atoms with van der Waals surface area (Å²) in [6.45, 7) is -0.259. The van der Waals surface area contributed by atoms with Crippen LogP contribution >= 0.6 is 0 Å². The molecule has 1 aliphatic carbocycles. The summed E-state index contributed by atoms with van der Waals surface area (Å²) in [5.41, 5.74) is 1.25. The van der Waals surface area contributed by atoms with Gasteiger partial charge in [0.25, 0.3) is 0 Å². The van der Waals surface area contributed by atoms with Crippen molar-refractivity contribution in [3.05, 3.63) is 89.7 Å². The molecule has 4 rings (SSSR count). The monoisotopic (exact) mass is 506 g/mol. The Morgan fingerprint density at radius 3 is 2.20 bits per heavy atom. The van der Waals surface area contributed by atoms with Crippen LogP contribution < -0.4 is 5.32 Å². The molecule has 0 atom stereocenters. The van der Waals surface area contributed by atoms with Crippen molar-refractivity contribution in [3.8, 4) is 11.1 Å². The van der Waals surface area contributed by atoms with E-state index >= 15 is 0 Å². The van der Waals surface area contributed by atoms with Crippen LogP contribution in [0, 0.1) is 5.82 Å². The summed E-state index contributed by atoms with van der Waals surface area (Å²) in [6, 6.07) is 15.9. The van der Waals surface area contributed by atoms with Gasteiger partial charge in [-0.2, -0.15) is 17.5 Å². The Balaban J connectivity index is 1.41. The quantitative estimate of drug-likeness (QED) is 0.438. The lowest BCUT2D eigenvalue weighted by Gasteiger charge is -2.21. The number of carbonyl (C=O) groups excluding carboxylic acids is 1. The van der Waals surface area contributed by atoms with Crippen LogP contribution in [0.4, 0.5) is 17.6 Å². The number of nitrogens with one attached hydrogen (secondary N) is 1.